The molecule has 0 aromatic heterocycles. The largest absolute Gasteiger partial charge is 0.378 e. The van der Waals surface area contributed by atoms with Gasteiger partial charge in [-0.2, -0.15) is 0 Å². The zero-order valence-electron chi connectivity index (χ0n) is 16.5. The van der Waals surface area contributed by atoms with Gasteiger partial charge in [-0.15, -0.1) is 24.0 Å². The van der Waals surface area contributed by atoms with Crippen LogP contribution in [0.25, 0.3) is 0 Å². The van der Waals surface area contributed by atoms with Gasteiger partial charge in [-0.3, -0.25) is 9.89 Å². The Morgan fingerprint density at radius 2 is 2.00 bits per heavy atom. The van der Waals surface area contributed by atoms with Gasteiger partial charge in [0.25, 0.3) is 0 Å². The van der Waals surface area contributed by atoms with Crippen LogP contribution in [-0.2, 0) is 4.74 Å². The molecule has 1 aliphatic heterocycles. The maximum Gasteiger partial charge on any atom is 0.193 e. The average molecular weight is 464 g/mol. The Kier molecular flexibility index (Phi) is 7.83. The van der Waals surface area contributed by atoms with Crippen LogP contribution in [0.4, 0.5) is 0 Å². The van der Waals surface area contributed by atoms with Crippen LogP contribution in [0, 0.1) is 5.41 Å². The monoisotopic (exact) mass is 464 g/mol. The number of halogens is 1. The molecule has 5 nitrogen and oxygen atoms in total. The van der Waals surface area contributed by atoms with E-state index in [1.807, 2.05) is 7.05 Å². The lowest BCUT2D eigenvalue weighted by Gasteiger charge is -2.61. The van der Waals surface area contributed by atoms with E-state index in [0.717, 1.165) is 45.2 Å². The molecule has 1 heterocycles. The smallest absolute Gasteiger partial charge is 0.193 e. The predicted molar refractivity (Wildman–Crippen MR) is 115 cm³/mol. The molecule has 3 atom stereocenters. The van der Waals surface area contributed by atoms with Gasteiger partial charge < -0.3 is 15.0 Å². The van der Waals surface area contributed by atoms with Gasteiger partial charge in [-0.05, 0) is 45.7 Å². The second-order valence-corrected chi connectivity index (χ2v) is 7.62. The molecule has 3 aliphatic rings. The number of guanidine groups is 1. The molecule has 3 fully saturated rings. The highest BCUT2D eigenvalue weighted by Gasteiger charge is 2.59. The zero-order chi connectivity index (χ0) is 17.2. The van der Waals surface area contributed by atoms with Gasteiger partial charge in [0, 0.05) is 44.2 Å². The second-order valence-electron chi connectivity index (χ2n) is 7.62. The quantitative estimate of drug-likeness (QED) is 0.373. The maximum absolute atomic E-state index is 5.98. The van der Waals surface area contributed by atoms with Gasteiger partial charge in [0.1, 0.15) is 0 Å². The highest BCUT2D eigenvalue weighted by atomic mass is 127. The van der Waals surface area contributed by atoms with Gasteiger partial charge in [-0.1, -0.05) is 20.3 Å². The Hall–Kier alpha value is -0.0800. The summed E-state index contributed by atoms with van der Waals surface area (Å²) in [5.41, 5.74) is 0.393. The molecule has 0 amide bonds. The third kappa shape index (κ3) is 3.95. The Morgan fingerprint density at radius 3 is 2.52 bits per heavy atom. The molecule has 1 saturated heterocycles. The molecule has 0 bridgehead atoms. The normalized spacial score (nSPS) is 30.8. The molecule has 146 valence electrons. The minimum Gasteiger partial charge on any atom is -0.378 e. The van der Waals surface area contributed by atoms with E-state index in [4.69, 9.17) is 4.74 Å². The van der Waals surface area contributed by atoms with Crippen molar-refractivity contribution in [2.45, 2.75) is 71.1 Å². The molecular weight excluding hydrogens is 427 g/mol. The molecule has 1 spiro atoms. The van der Waals surface area contributed by atoms with Gasteiger partial charge >= 0.3 is 0 Å². The van der Waals surface area contributed by atoms with Crippen molar-refractivity contribution in [2.75, 3.05) is 39.8 Å². The van der Waals surface area contributed by atoms with Crippen LogP contribution in [0.15, 0.2) is 4.99 Å². The van der Waals surface area contributed by atoms with Crippen LogP contribution in [0.2, 0.25) is 0 Å². The first-order chi connectivity index (χ1) is 11.7. The van der Waals surface area contributed by atoms with E-state index in [2.05, 4.69) is 40.9 Å². The average Bonchev–Trinajstić information content (AvgIpc) is 2.99. The Bertz CT molecular complexity index is 451. The molecule has 0 aromatic carbocycles. The molecule has 0 radical (unpaired) electrons. The molecule has 1 N–H and O–H groups in total. The standard InChI is InChI=1S/C19H36N4O.HI/c1-5-22(6-2)15-9-12-23(14-15)18(20-4)21-16-13-17(24-7-3)19(16)10-8-11-19;/h15-17H,5-14H2,1-4H3,(H,20,21);1H. The van der Waals surface area contributed by atoms with Crippen LogP contribution in [0.1, 0.15) is 52.9 Å². The minimum atomic E-state index is 0. The van der Waals surface area contributed by atoms with Crippen molar-refractivity contribution < 1.29 is 4.74 Å². The number of hydrogen-bond donors (Lipinski definition) is 1. The topological polar surface area (TPSA) is 40.1 Å². The summed E-state index contributed by atoms with van der Waals surface area (Å²) in [4.78, 5) is 9.64. The maximum atomic E-state index is 5.98. The van der Waals surface area contributed by atoms with Crippen molar-refractivity contribution in [1.29, 1.82) is 0 Å². The number of ether oxygens (including phenoxy) is 1. The van der Waals surface area contributed by atoms with Crippen LogP contribution >= 0.6 is 24.0 Å². The highest BCUT2D eigenvalue weighted by Crippen LogP contribution is 2.57. The molecule has 6 heteroatoms. The van der Waals surface area contributed by atoms with E-state index in [1.165, 1.54) is 25.7 Å². The van der Waals surface area contributed by atoms with E-state index >= 15 is 0 Å². The fourth-order valence-corrected chi connectivity index (χ4v) is 5.07. The van der Waals surface area contributed by atoms with E-state index in [1.54, 1.807) is 0 Å². The lowest BCUT2D eigenvalue weighted by Crippen LogP contribution is -2.68. The number of hydrogen-bond acceptors (Lipinski definition) is 3. The predicted octanol–water partition coefficient (Wildman–Crippen LogP) is 2.94. The zero-order valence-corrected chi connectivity index (χ0v) is 18.8. The third-order valence-corrected chi connectivity index (χ3v) is 6.74. The van der Waals surface area contributed by atoms with Gasteiger partial charge in [0.2, 0.25) is 0 Å². The first-order valence-corrected chi connectivity index (χ1v) is 10.0. The van der Waals surface area contributed by atoms with E-state index in [9.17, 15) is 0 Å². The number of rotatable bonds is 6. The lowest BCUT2D eigenvalue weighted by molar-refractivity contribution is -0.168. The highest BCUT2D eigenvalue weighted by molar-refractivity contribution is 14.0. The Morgan fingerprint density at radius 1 is 1.28 bits per heavy atom. The summed E-state index contributed by atoms with van der Waals surface area (Å²) in [7, 11) is 1.93. The minimum absolute atomic E-state index is 0. The summed E-state index contributed by atoms with van der Waals surface area (Å²) < 4.78 is 5.98. The van der Waals surface area contributed by atoms with E-state index in [-0.39, 0.29) is 24.0 Å². The summed E-state index contributed by atoms with van der Waals surface area (Å²) in [5, 5.41) is 3.80. The number of likely N-dealkylation sites (tertiary alicyclic amines) is 1. The van der Waals surface area contributed by atoms with Crippen molar-refractivity contribution in [1.82, 2.24) is 15.1 Å². The van der Waals surface area contributed by atoms with Crippen molar-refractivity contribution in [2.24, 2.45) is 10.4 Å². The Balaban J connectivity index is 0.00000225. The SMILES string of the molecule is CCOC1CC(NC(=NC)N2CCC(N(CC)CC)C2)C12CCC2.I. The number of aliphatic imine (C=N–C) groups is 1. The van der Waals surface area contributed by atoms with Gasteiger partial charge in [0.15, 0.2) is 5.96 Å². The summed E-state index contributed by atoms with van der Waals surface area (Å²) in [5.74, 6) is 1.11. The van der Waals surface area contributed by atoms with E-state index < -0.39 is 0 Å². The van der Waals surface area contributed by atoms with Crippen molar-refractivity contribution in [3.63, 3.8) is 0 Å². The van der Waals surface area contributed by atoms with Crippen LogP contribution in [-0.4, -0.2) is 73.8 Å². The molecule has 0 aromatic rings. The van der Waals surface area contributed by atoms with Crippen molar-refractivity contribution in [3.05, 3.63) is 0 Å². The van der Waals surface area contributed by atoms with Gasteiger partial charge in [-0.25, -0.2) is 0 Å². The van der Waals surface area contributed by atoms with Gasteiger partial charge in [0.05, 0.1) is 6.10 Å². The summed E-state index contributed by atoms with van der Waals surface area (Å²) in [6, 6.07) is 1.22. The first-order valence-electron chi connectivity index (χ1n) is 10.0. The first kappa shape index (κ1) is 21.2. The summed E-state index contributed by atoms with van der Waals surface area (Å²) in [6.07, 6.45) is 6.84. The summed E-state index contributed by atoms with van der Waals surface area (Å²) in [6.45, 7) is 12.0. The molecule has 3 unspecified atom stereocenters. The second kappa shape index (κ2) is 9.22. The molecule has 2 aliphatic carbocycles. The molecule has 3 rings (SSSR count). The number of nitrogens with one attached hydrogen (secondary N) is 1. The van der Waals surface area contributed by atoms with Crippen molar-refractivity contribution >= 4 is 29.9 Å². The fourth-order valence-electron chi connectivity index (χ4n) is 5.07. The molecular formula is C19H37IN4O. The third-order valence-electron chi connectivity index (χ3n) is 6.74. The van der Waals surface area contributed by atoms with Crippen molar-refractivity contribution in [3.8, 4) is 0 Å². The van der Waals surface area contributed by atoms with Crippen LogP contribution in [0.3, 0.4) is 0 Å². The number of likely N-dealkylation sites (N-methyl/N-ethyl adjacent to an activating group) is 1. The summed E-state index contributed by atoms with van der Waals surface area (Å²) >= 11 is 0. The Labute approximate surface area is 171 Å². The van der Waals surface area contributed by atoms with Crippen LogP contribution in [0.5, 0.6) is 0 Å². The fraction of sp³-hybridized carbons (Fsp3) is 0.947. The lowest BCUT2D eigenvalue weighted by atomic mass is 9.51. The van der Waals surface area contributed by atoms with E-state index in [0.29, 0.717) is 23.6 Å². The molecule has 25 heavy (non-hydrogen) atoms. The molecule has 2 saturated carbocycles. The van der Waals surface area contributed by atoms with Crippen LogP contribution < -0.4 is 5.32 Å². The number of nitrogens with zero attached hydrogens (tertiary/aromatic N) is 3.